The summed E-state index contributed by atoms with van der Waals surface area (Å²) in [5.74, 6) is -0.974. The topological polar surface area (TPSA) is 90.5 Å². The van der Waals surface area contributed by atoms with Gasteiger partial charge in [-0.2, -0.15) is 0 Å². The molecular formula is C24H22Cl2N4O3. The zero-order valence-corrected chi connectivity index (χ0v) is 19.3. The molecule has 0 saturated heterocycles. The smallest absolute Gasteiger partial charge is 0.255 e. The van der Waals surface area contributed by atoms with Crippen LogP contribution in [0.5, 0.6) is 0 Å². The summed E-state index contributed by atoms with van der Waals surface area (Å²) in [5.41, 5.74) is 2.02. The maximum Gasteiger partial charge on any atom is 0.255 e. The molecule has 0 aliphatic carbocycles. The number of hydrogen-bond acceptors (Lipinski definition) is 4. The van der Waals surface area contributed by atoms with Crippen LogP contribution in [0.25, 0.3) is 0 Å². The molecule has 0 radical (unpaired) electrons. The molecule has 0 spiro atoms. The van der Waals surface area contributed by atoms with E-state index >= 15 is 0 Å². The van der Waals surface area contributed by atoms with Gasteiger partial charge >= 0.3 is 0 Å². The Hall–Kier alpha value is -3.55. The number of hydrogen-bond donors (Lipinski definition) is 3. The van der Waals surface area contributed by atoms with E-state index in [1.165, 1.54) is 11.9 Å². The number of amides is 3. The molecule has 7 nitrogen and oxygen atoms in total. The number of anilines is 3. The second kappa shape index (κ2) is 11.4. The number of nitrogens with one attached hydrogen (secondary N) is 3. The Morgan fingerprint density at radius 1 is 0.788 bits per heavy atom. The van der Waals surface area contributed by atoms with Gasteiger partial charge < -0.3 is 20.9 Å². The molecule has 3 rings (SSSR count). The van der Waals surface area contributed by atoms with Crippen LogP contribution in [0.1, 0.15) is 10.4 Å². The summed E-state index contributed by atoms with van der Waals surface area (Å²) in [6, 6.07) is 20.4. The van der Waals surface area contributed by atoms with E-state index in [9.17, 15) is 14.4 Å². The standard InChI is InChI=1S/C24H22Cl2N4O3/c1-30(15-22(31)28-19-7-3-2-6-18(19)26)23(32)14-27-20-8-4-5-9-21(20)29-24(33)16-10-12-17(25)13-11-16/h2-13,27H,14-15H2,1H3,(H,28,31)(H,29,33). The van der Waals surface area contributed by atoms with Gasteiger partial charge in [0.15, 0.2) is 0 Å². The maximum absolute atomic E-state index is 12.5. The summed E-state index contributed by atoms with van der Waals surface area (Å²) in [4.78, 5) is 38.6. The third-order valence-electron chi connectivity index (χ3n) is 4.67. The summed E-state index contributed by atoms with van der Waals surface area (Å²) >= 11 is 11.9. The van der Waals surface area contributed by atoms with Crippen LogP contribution in [0.15, 0.2) is 72.8 Å². The fourth-order valence-corrected chi connectivity index (χ4v) is 3.21. The molecule has 0 atom stereocenters. The van der Waals surface area contributed by atoms with Crippen molar-refractivity contribution in [3.63, 3.8) is 0 Å². The van der Waals surface area contributed by atoms with E-state index in [0.717, 1.165) is 0 Å². The lowest BCUT2D eigenvalue weighted by atomic mass is 10.2. The molecule has 0 aliphatic rings. The van der Waals surface area contributed by atoms with E-state index in [-0.39, 0.29) is 30.8 Å². The van der Waals surface area contributed by atoms with E-state index in [1.54, 1.807) is 72.8 Å². The van der Waals surface area contributed by atoms with Crippen molar-refractivity contribution < 1.29 is 14.4 Å². The predicted molar refractivity (Wildman–Crippen MR) is 132 cm³/mol. The highest BCUT2D eigenvalue weighted by molar-refractivity contribution is 6.33. The molecule has 0 heterocycles. The highest BCUT2D eigenvalue weighted by Crippen LogP contribution is 2.22. The zero-order valence-electron chi connectivity index (χ0n) is 17.8. The van der Waals surface area contributed by atoms with Gasteiger partial charge in [0.05, 0.1) is 35.2 Å². The van der Waals surface area contributed by atoms with Gasteiger partial charge in [-0.1, -0.05) is 47.5 Å². The number of likely N-dealkylation sites (N-methyl/N-ethyl adjacent to an activating group) is 1. The number of rotatable bonds is 8. The minimum atomic E-state index is -0.366. The number of benzene rings is 3. The van der Waals surface area contributed by atoms with Gasteiger partial charge in [-0.3, -0.25) is 14.4 Å². The molecule has 0 aromatic heterocycles. The molecule has 170 valence electrons. The lowest BCUT2D eigenvalue weighted by Crippen LogP contribution is -2.38. The van der Waals surface area contributed by atoms with Crippen molar-refractivity contribution in [1.29, 1.82) is 0 Å². The minimum absolute atomic E-state index is 0.0658. The van der Waals surface area contributed by atoms with Crippen molar-refractivity contribution in [2.45, 2.75) is 0 Å². The Kier molecular flexibility index (Phi) is 8.29. The van der Waals surface area contributed by atoms with Crippen molar-refractivity contribution in [3.8, 4) is 0 Å². The van der Waals surface area contributed by atoms with Gasteiger partial charge in [-0.25, -0.2) is 0 Å². The van der Waals surface area contributed by atoms with Crippen LogP contribution in [0, 0.1) is 0 Å². The maximum atomic E-state index is 12.5. The van der Waals surface area contributed by atoms with Gasteiger partial charge in [0, 0.05) is 17.6 Å². The second-order valence-corrected chi connectivity index (χ2v) is 7.98. The van der Waals surface area contributed by atoms with E-state index in [4.69, 9.17) is 23.2 Å². The molecule has 0 unspecified atom stereocenters. The molecule has 0 fully saturated rings. The van der Waals surface area contributed by atoms with E-state index in [1.807, 2.05) is 0 Å². The van der Waals surface area contributed by atoms with E-state index < -0.39 is 0 Å². The largest absolute Gasteiger partial charge is 0.374 e. The van der Waals surface area contributed by atoms with Crippen molar-refractivity contribution in [2.75, 3.05) is 36.1 Å². The first-order valence-electron chi connectivity index (χ1n) is 10.0. The average molecular weight is 485 g/mol. The molecule has 3 amide bonds. The third kappa shape index (κ3) is 6.97. The Morgan fingerprint density at radius 3 is 2.06 bits per heavy atom. The summed E-state index contributed by atoms with van der Waals surface area (Å²) < 4.78 is 0. The predicted octanol–water partition coefficient (Wildman–Crippen LogP) is 4.75. The fourth-order valence-electron chi connectivity index (χ4n) is 2.90. The van der Waals surface area contributed by atoms with E-state index in [0.29, 0.717) is 32.7 Å². The molecular weight excluding hydrogens is 463 g/mol. The minimum Gasteiger partial charge on any atom is -0.374 e. The average Bonchev–Trinajstić information content (AvgIpc) is 2.80. The van der Waals surface area contributed by atoms with Crippen molar-refractivity contribution in [3.05, 3.63) is 88.4 Å². The number of para-hydroxylation sites is 3. The molecule has 9 heteroatoms. The van der Waals surface area contributed by atoms with Crippen molar-refractivity contribution in [1.82, 2.24) is 4.90 Å². The molecule has 3 aromatic rings. The quantitative estimate of drug-likeness (QED) is 0.430. The molecule has 3 N–H and O–H groups in total. The van der Waals surface area contributed by atoms with Crippen LogP contribution < -0.4 is 16.0 Å². The first-order chi connectivity index (χ1) is 15.8. The second-order valence-electron chi connectivity index (χ2n) is 7.14. The zero-order chi connectivity index (χ0) is 23.8. The van der Waals surface area contributed by atoms with Gasteiger partial charge in [-0.15, -0.1) is 0 Å². The molecule has 33 heavy (non-hydrogen) atoms. The van der Waals surface area contributed by atoms with Gasteiger partial charge in [0.1, 0.15) is 0 Å². The highest BCUT2D eigenvalue weighted by atomic mass is 35.5. The SMILES string of the molecule is CN(CC(=O)Nc1ccccc1Cl)C(=O)CNc1ccccc1NC(=O)c1ccc(Cl)cc1. The monoisotopic (exact) mass is 484 g/mol. The van der Waals surface area contributed by atoms with Crippen LogP contribution in [0.3, 0.4) is 0 Å². The first-order valence-corrected chi connectivity index (χ1v) is 10.8. The molecule has 0 bridgehead atoms. The van der Waals surface area contributed by atoms with Crippen LogP contribution >= 0.6 is 23.2 Å². The van der Waals surface area contributed by atoms with Crippen LogP contribution in [0.4, 0.5) is 17.1 Å². The van der Waals surface area contributed by atoms with E-state index in [2.05, 4.69) is 16.0 Å². The Balaban J connectivity index is 1.55. The van der Waals surface area contributed by atoms with Crippen LogP contribution in [0.2, 0.25) is 10.0 Å². The van der Waals surface area contributed by atoms with Crippen LogP contribution in [-0.2, 0) is 9.59 Å². The lowest BCUT2D eigenvalue weighted by molar-refractivity contribution is -0.131. The fraction of sp³-hybridized carbons (Fsp3) is 0.125. The summed E-state index contributed by atoms with van der Waals surface area (Å²) in [5, 5.41) is 9.46. The number of halogens is 2. The van der Waals surface area contributed by atoms with Crippen molar-refractivity contribution in [2.24, 2.45) is 0 Å². The first kappa shape index (κ1) is 24.1. The Bertz CT molecular complexity index is 1150. The van der Waals surface area contributed by atoms with Gasteiger partial charge in [0.2, 0.25) is 11.8 Å². The normalized spacial score (nSPS) is 10.3. The number of carbonyl (C=O) groups is 3. The molecule has 0 saturated carbocycles. The summed E-state index contributed by atoms with van der Waals surface area (Å²) in [6.07, 6.45) is 0. The highest BCUT2D eigenvalue weighted by Gasteiger charge is 2.15. The van der Waals surface area contributed by atoms with Gasteiger partial charge in [-0.05, 0) is 48.5 Å². The lowest BCUT2D eigenvalue weighted by Gasteiger charge is -2.19. The summed E-state index contributed by atoms with van der Waals surface area (Å²) in [7, 11) is 1.53. The number of nitrogens with zero attached hydrogens (tertiary/aromatic N) is 1. The Labute approximate surface area is 201 Å². The summed E-state index contributed by atoms with van der Waals surface area (Å²) in [6.45, 7) is -0.204. The number of carbonyl (C=O) groups excluding carboxylic acids is 3. The van der Waals surface area contributed by atoms with Gasteiger partial charge in [0.25, 0.3) is 5.91 Å². The third-order valence-corrected chi connectivity index (χ3v) is 5.25. The van der Waals surface area contributed by atoms with Crippen LogP contribution in [-0.4, -0.2) is 42.8 Å². The molecule has 3 aromatic carbocycles. The molecule has 0 aliphatic heterocycles. The van der Waals surface area contributed by atoms with Crippen molar-refractivity contribution >= 4 is 58.0 Å². The Morgan fingerprint density at radius 2 is 1.39 bits per heavy atom.